The van der Waals surface area contributed by atoms with Crippen LogP contribution >= 0.6 is 0 Å². The van der Waals surface area contributed by atoms with Crippen LogP contribution in [0, 0.1) is 0 Å². The number of benzene rings is 2. The van der Waals surface area contributed by atoms with Crippen molar-refractivity contribution in [1.29, 1.82) is 0 Å². The number of aromatic nitrogens is 2. The van der Waals surface area contributed by atoms with Gasteiger partial charge in [-0.3, -0.25) is 9.52 Å². The van der Waals surface area contributed by atoms with E-state index in [4.69, 9.17) is 4.52 Å². The molecule has 186 valence electrons. The normalized spacial score (nSPS) is 14.5. The zero-order chi connectivity index (χ0) is 25.1. The van der Waals surface area contributed by atoms with Gasteiger partial charge < -0.3 is 14.7 Å². The summed E-state index contributed by atoms with van der Waals surface area (Å²) in [5, 5.41) is 6.62. The van der Waals surface area contributed by atoms with Gasteiger partial charge in [0.05, 0.1) is 0 Å². The summed E-state index contributed by atoms with van der Waals surface area (Å²) in [5.74, 6) is -0.345. The summed E-state index contributed by atoms with van der Waals surface area (Å²) in [6.45, 7) is 7.97. The van der Waals surface area contributed by atoms with Crippen LogP contribution in [0.2, 0.25) is 0 Å². The molecule has 2 N–H and O–H groups in total. The number of rotatable bonds is 7. The number of piperidine rings is 1. The summed E-state index contributed by atoms with van der Waals surface area (Å²) in [7, 11) is -3.86. The van der Waals surface area contributed by atoms with Gasteiger partial charge in [0.1, 0.15) is 5.75 Å². The monoisotopic (exact) mass is 497 g/mol. The molecule has 0 aliphatic carbocycles. The summed E-state index contributed by atoms with van der Waals surface area (Å²) in [6, 6.07) is 14.1. The lowest BCUT2D eigenvalue weighted by molar-refractivity contribution is -0.113. The zero-order valence-electron chi connectivity index (χ0n) is 20.2. The number of sulfonamides is 1. The van der Waals surface area contributed by atoms with Crippen molar-refractivity contribution in [3.63, 3.8) is 0 Å². The molecule has 0 atom stereocenters. The summed E-state index contributed by atoms with van der Waals surface area (Å²) in [5.41, 5.74) is 2.44. The van der Waals surface area contributed by atoms with E-state index in [0.29, 0.717) is 23.1 Å². The van der Waals surface area contributed by atoms with E-state index in [1.807, 2.05) is 32.9 Å². The summed E-state index contributed by atoms with van der Waals surface area (Å²) >= 11 is 0. The molecular formula is C25H31N5O4S. The molecule has 10 heteroatoms. The number of amides is 1. The second-order valence-corrected chi connectivity index (χ2v) is 11.5. The van der Waals surface area contributed by atoms with Gasteiger partial charge in [0.25, 0.3) is 0 Å². The molecule has 0 saturated carbocycles. The Morgan fingerprint density at radius 2 is 1.60 bits per heavy atom. The minimum absolute atomic E-state index is 0.256. The maximum absolute atomic E-state index is 12.5. The lowest BCUT2D eigenvalue weighted by Crippen LogP contribution is -2.29. The van der Waals surface area contributed by atoms with Crippen LogP contribution < -0.4 is 14.9 Å². The SMILES string of the molecule is CC(C)(C)c1nc(-c2ccc(NC(=O)CS(=O)(=O)Nc3ccc(N4CCCCC4)cc3)cc2)no1. The van der Waals surface area contributed by atoms with E-state index in [0.717, 1.165) is 24.3 Å². The number of hydrogen-bond donors (Lipinski definition) is 2. The van der Waals surface area contributed by atoms with Crippen LogP contribution in [0.3, 0.4) is 0 Å². The second-order valence-electron chi connectivity index (χ2n) is 9.75. The zero-order valence-corrected chi connectivity index (χ0v) is 21.1. The molecule has 1 amide bonds. The molecule has 3 aromatic rings. The molecule has 4 rings (SSSR count). The van der Waals surface area contributed by atoms with Crippen molar-refractivity contribution in [3.05, 3.63) is 54.4 Å². The third-order valence-corrected chi connectivity index (χ3v) is 6.87. The highest BCUT2D eigenvalue weighted by Gasteiger charge is 2.22. The molecule has 1 aliphatic rings. The summed E-state index contributed by atoms with van der Waals surface area (Å²) < 4.78 is 32.8. The van der Waals surface area contributed by atoms with Crippen molar-refractivity contribution in [1.82, 2.24) is 10.1 Å². The Kier molecular flexibility index (Phi) is 7.11. The van der Waals surface area contributed by atoms with E-state index >= 15 is 0 Å². The molecule has 2 heterocycles. The third-order valence-electron chi connectivity index (χ3n) is 5.68. The lowest BCUT2D eigenvalue weighted by atomic mass is 9.97. The van der Waals surface area contributed by atoms with Crippen LogP contribution in [0.15, 0.2) is 53.1 Å². The predicted octanol–water partition coefficient (Wildman–Crippen LogP) is 4.40. The molecule has 35 heavy (non-hydrogen) atoms. The number of carbonyl (C=O) groups excluding carboxylic acids is 1. The fourth-order valence-corrected chi connectivity index (χ4v) is 4.81. The second kappa shape index (κ2) is 10.1. The van der Waals surface area contributed by atoms with Gasteiger partial charge in [-0.1, -0.05) is 25.9 Å². The van der Waals surface area contributed by atoms with E-state index in [1.165, 1.54) is 19.3 Å². The topological polar surface area (TPSA) is 117 Å². The van der Waals surface area contributed by atoms with Crippen LogP contribution in [0.5, 0.6) is 0 Å². The van der Waals surface area contributed by atoms with Crippen molar-refractivity contribution in [2.45, 2.75) is 45.4 Å². The Hall–Kier alpha value is -3.40. The quantitative estimate of drug-likeness (QED) is 0.497. The molecule has 1 fully saturated rings. The maximum atomic E-state index is 12.5. The van der Waals surface area contributed by atoms with Gasteiger partial charge in [-0.2, -0.15) is 4.98 Å². The van der Waals surface area contributed by atoms with Gasteiger partial charge in [0, 0.05) is 41.1 Å². The van der Waals surface area contributed by atoms with Gasteiger partial charge >= 0.3 is 0 Å². The molecule has 2 aromatic carbocycles. The predicted molar refractivity (Wildman–Crippen MR) is 137 cm³/mol. The number of carbonyl (C=O) groups is 1. The largest absolute Gasteiger partial charge is 0.372 e. The summed E-state index contributed by atoms with van der Waals surface area (Å²) in [6.07, 6.45) is 3.58. The van der Waals surface area contributed by atoms with Crippen molar-refractivity contribution in [2.75, 3.05) is 33.8 Å². The van der Waals surface area contributed by atoms with Crippen LogP contribution in [0.4, 0.5) is 17.1 Å². The van der Waals surface area contributed by atoms with Crippen LogP contribution in [0.1, 0.15) is 45.9 Å². The van der Waals surface area contributed by atoms with Gasteiger partial charge in [-0.05, 0) is 67.8 Å². The standard InChI is InChI=1S/C25H31N5O4S/c1-25(2,3)24-27-23(28-34-24)18-7-9-19(10-8-18)26-22(31)17-35(32,33)29-20-11-13-21(14-12-20)30-15-5-4-6-16-30/h7-14,29H,4-6,15-17H2,1-3H3,(H,26,31). The van der Waals surface area contributed by atoms with Crippen LogP contribution in [-0.4, -0.2) is 43.3 Å². The highest BCUT2D eigenvalue weighted by atomic mass is 32.2. The van der Waals surface area contributed by atoms with E-state index in [2.05, 4.69) is 25.1 Å². The number of nitrogens with one attached hydrogen (secondary N) is 2. The average molecular weight is 498 g/mol. The number of hydrogen-bond acceptors (Lipinski definition) is 7. The van der Waals surface area contributed by atoms with Crippen molar-refractivity contribution in [3.8, 4) is 11.4 Å². The molecule has 0 radical (unpaired) electrons. The molecule has 1 saturated heterocycles. The lowest BCUT2D eigenvalue weighted by Gasteiger charge is -2.28. The van der Waals surface area contributed by atoms with Crippen molar-refractivity contribution in [2.24, 2.45) is 0 Å². The van der Waals surface area contributed by atoms with E-state index in [-0.39, 0.29) is 5.41 Å². The first kappa shape index (κ1) is 24.7. The first-order valence-electron chi connectivity index (χ1n) is 11.7. The molecule has 0 bridgehead atoms. The van der Waals surface area contributed by atoms with Gasteiger partial charge in [-0.25, -0.2) is 8.42 Å². The minimum Gasteiger partial charge on any atom is -0.372 e. The first-order valence-corrected chi connectivity index (χ1v) is 13.3. The Morgan fingerprint density at radius 1 is 0.971 bits per heavy atom. The van der Waals surface area contributed by atoms with E-state index in [9.17, 15) is 13.2 Å². The minimum atomic E-state index is -3.86. The highest BCUT2D eigenvalue weighted by molar-refractivity contribution is 7.93. The molecule has 1 aliphatic heterocycles. The maximum Gasteiger partial charge on any atom is 0.241 e. The fraction of sp³-hybridized carbons (Fsp3) is 0.400. The van der Waals surface area contributed by atoms with Crippen molar-refractivity contribution < 1.29 is 17.7 Å². The van der Waals surface area contributed by atoms with Crippen LogP contribution in [-0.2, 0) is 20.2 Å². The Balaban J connectivity index is 1.32. The third kappa shape index (κ3) is 6.60. The van der Waals surface area contributed by atoms with Gasteiger partial charge in [-0.15, -0.1) is 0 Å². The Morgan fingerprint density at radius 3 is 2.20 bits per heavy atom. The molecular weight excluding hydrogens is 466 g/mol. The number of anilines is 3. The molecule has 9 nitrogen and oxygen atoms in total. The first-order chi connectivity index (χ1) is 16.6. The van der Waals surface area contributed by atoms with Gasteiger partial charge in [0.2, 0.25) is 27.6 Å². The number of nitrogens with zero attached hydrogens (tertiary/aromatic N) is 3. The Labute approximate surface area is 206 Å². The average Bonchev–Trinajstić information content (AvgIpc) is 3.31. The Bertz CT molecular complexity index is 1260. The summed E-state index contributed by atoms with van der Waals surface area (Å²) in [4.78, 5) is 19.1. The smallest absolute Gasteiger partial charge is 0.241 e. The van der Waals surface area contributed by atoms with Crippen molar-refractivity contribution >= 4 is 33.0 Å². The molecule has 1 aromatic heterocycles. The van der Waals surface area contributed by atoms with Crippen LogP contribution in [0.25, 0.3) is 11.4 Å². The molecule has 0 spiro atoms. The van der Waals surface area contributed by atoms with Gasteiger partial charge in [0.15, 0.2) is 0 Å². The highest BCUT2D eigenvalue weighted by Crippen LogP contribution is 2.25. The molecule has 0 unspecified atom stereocenters. The van der Waals surface area contributed by atoms with E-state index < -0.39 is 21.7 Å². The fourth-order valence-electron chi connectivity index (χ4n) is 3.83. The van der Waals surface area contributed by atoms with E-state index in [1.54, 1.807) is 36.4 Å².